The number of hydrogen-bond donors (Lipinski definition) is 5. The Morgan fingerprint density at radius 1 is 1.27 bits per heavy atom. The normalized spacial score (nSPS) is 15.8. The Kier molecular flexibility index (Phi) is 6.90. The number of rotatable bonds is 3. The number of anilines is 2. The molecule has 3 aromatic rings. The summed E-state index contributed by atoms with van der Waals surface area (Å²) in [7, 11) is 0. The monoisotopic (exact) mass is 488 g/mol. The highest BCUT2D eigenvalue weighted by Gasteiger charge is 2.38. The number of halogens is 4. The summed E-state index contributed by atoms with van der Waals surface area (Å²) in [6.45, 7) is 1.42. The van der Waals surface area contributed by atoms with Crippen molar-refractivity contribution in [1.29, 1.82) is 0 Å². The van der Waals surface area contributed by atoms with E-state index in [1.165, 1.54) is 0 Å². The van der Waals surface area contributed by atoms with Gasteiger partial charge in [-0.15, -0.1) is 0 Å². The molecular formula is C18H20ClF3N8O3. The van der Waals surface area contributed by atoms with E-state index in [-0.39, 0.29) is 6.61 Å². The quantitative estimate of drug-likeness (QED) is 0.339. The number of aromatic nitrogens is 5. The van der Waals surface area contributed by atoms with Crippen LogP contribution in [0.4, 0.5) is 24.8 Å². The van der Waals surface area contributed by atoms with Crippen molar-refractivity contribution in [1.82, 2.24) is 25.1 Å². The average Bonchev–Trinajstić information content (AvgIpc) is 3.17. The molecule has 33 heavy (non-hydrogen) atoms. The molecule has 11 nitrogen and oxygen atoms in total. The average molecular weight is 489 g/mol. The van der Waals surface area contributed by atoms with Crippen molar-refractivity contribution in [2.75, 3.05) is 30.3 Å². The number of fused-ring (bicyclic) bond motifs is 1. The van der Waals surface area contributed by atoms with Gasteiger partial charge in [0.2, 0.25) is 5.65 Å². The number of aliphatic hydroxyl groups excluding tert-OH is 1. The van der Waals surface area contributed by atoms with Crippen LogP contribution in [0.25, 0.3) is 22.4 Å². The predicted molar refractivity (Wildman–Crippen MR) is 113 cm³/mol. The lowest BCUT2D eigenvalue weighted by Crippen LogP contribution is -2.53. The van der Waals surface area contributed by atoms with E-state index in [0.717, 1.165) is 11.4 Å². The zero-order valence-electron chi connectivity index (χ0n) is 17.0. The number of H-pyrrole nitrogens is 1. The summed E-state index contributed by atoms with van der Waals surface area (Å²) in [5.74, 6) is -1.70. The van der Waals surface area contributed by atoms with Gasteiger partial charge < -0.3 is 26.6 Å². The number of hydrogen-bond acceptors (Lipinski definition) is 9. The number of carboxylic acids is 1. The minimum Gasteiger partial charge on any atom is -0.475 e. The van der Waals surface area contributed by atoms with Crippen LogP contribution in [0.2, 0.25) is 5.15 Å². The number of aromatic amines is 1. The molecule has 0 amide bonds. The first-order valence-electron chi connectivity index (χ1n) is 9.51. The number of carbonyl (C=O) groups is 1. The number of nitrogens with one attached hydrogen (secondary N) is 1. The van der Waals surface area contributed by atoms with E-state index in [9.17, 15) is 18.3 Å². The fraction of sp³-hybridized carbons (Fsp3) is 0.389. The number of alkyl halides is 3. The number of nitrogens with zero attached hydrogens (tertiary/aromatic N) is 5. The molecule has 0 saturated carbocycles. The lowest BCUT2D eigenvalue weighted by molar-refractivity contribution is -0.192. The molecule has 0 aromatic carbocycles. The van der Waals surface area contributed by atoms with E-state index in [0.29, 0.717) is 53.8 Å². The topological polar surface area (TPSA) is 180 Å². The third kappa shape index (κ3) is 5.77. The molecule has 0 radical (unpaired) electrons. The zero-order chi connectivity index (χ0) is 24.4. The van der Waals surface area contributed by atoms with Gasteiger partial charge in [-0.2, -0.15) is 18.3 Å². The van der Waals surface area contributed by atoms with Crippen LogP contribution in [0.5, 0.6) is 0 Å². The SMILES string of the molecule is Nc1cc(-c2[nH]nc3nc(N4CCC(N)(CO)CC4)cnc23)cc(Cl)n1.O=C(O)C(F)(F)F. The molecule has 1 saturated heterocycles. The van der Waals surface area contributed by atoms with Crippen molar-refractivity contribution in [3.63, 3.8) is 0 Å². The first-order chi connectivity index (χ1) is 15.4. The summed E-state index contributed by atoms with van der Waals surface area (Å²) in [4.78, 5) is 24.1. The van der Waals surface area contributed by atoms with Gasteiger partial charge in [-0.05, 0) is 25.0 Å². The van der Waals surface area contributed by atoms with Gasteiger partial charge in [0, 0.05) is 24.2 Å². The molecule has 0 bridgehead atoms. The van der Waals surface area contributed by atoms with Gasteiger partial charge in [-0.3, -0.25) is 5.10 Å². The maximum Gasteiger partial charge on any atom is 0.490 e. The second-order valence-corrected chi connectivity index (χ2v) is 7.80. The first kappa shape index (κ1) is 24.4. The van der Waals surface area contributed by atoms with Crippen molar-refractivity contribution in [2.45, 2.75) is 24.6 Å². The summed E-state index contributed by atoms with van der Waals surface area (Å²) < 4.78 is 31.7. The van der Waals surface area contributed by atoms with E-state index in [1.54, 1.807) is 18.3 Å². The largest absolute Gasteiger partial charge is 0.490 e. The predicted octanol–water partition coefficient (Wildman–Crippen LogP) is 1.57. The van der Waals surface area contributed by atoms with Gasteiger partial charge in [0.1, 0.15) is 22.3 Å². The fourth-order valence-corrected chi connectivity index (χ4v) is 3.36. The lowest BCUT2D eigenvalue weighted by Gasteiger charge is -2.38. The minimum atomic E-state index is -5.08. The van der Waals surface area contributed by atoms with E-state index in [4.69, 9.17) is 33.0 Å². The Bertz CT molecular complexity index is 1130. The van der Waals surface area contributed by atoms with Crippen LogP contribution in [0, 0.1) is 0 Å². The van der Waals surface area contributed by atoms with Crippen LogP contribution >= 0.6 is 11.6 Å². The Morgan fingerprint density at radius 3 is 2.45 bits per heavy atom. The van der Waals surface area contributed by atoms with Gasteiger partial charge >= 0.3 is 12.1 Å². The molecule has 4 heterocycles. The zero-order valence-corrected chi connectivity index (χ0v) is 17.7. The van der Waals surface area contributed by atoms with E-state index in [2.05, 4.69) is 30.0 Å². The van der Waals surface area contributed by atoms with Crippen molar-refractivity contribution < 1.29 is 28.2 Å². The Balaban J connectivity index is 0.000000383. The summed E-state index contributed by atoms with van der Waals surface area (Å²) in [5.41, 5.74) is 14.0. The summed E-state index contributed by atoms with van der Waals surface area (Å²) in [6.07, 6.45) is -1.97. The van der Waals surface area contributed by atoms with Crippen molar-refractivity contribution in [2.24, 2.45) is 5.73 Å². The molecule has 7 N–H and O–H groups in total. The number of carboxylic acid groups (broad SMARTS) is 1. The molecular weight excluding hydrogens is 469 g/mol. The number of piperidine rings is 1. The fourth-order valence-electron chi connectivity index (χ4n) is 3.14. The molecule has 15 heteroatoms. The van der Waals surface area contributed by atoms with Crippen LogP contribution in [0.1, 0.15) is 12.8 Å². The number of aliphatic hydroxyl groups is 1. The van der Waals surface area contributed by atoms with Gasteiger partial charge in [0.05, 0.1) is 18.5 Å². The van der Waals surface area contributed by atoms with Crippen LogP contribution in [-0.2, 0) is 4.79 Å². The Hall–Kier alpha value is -3.23. The van der Waals surface area contributed by atoms with Gasteiger partial charge in [0.15, 0.2) is 0 Å². The van der Waals surface area contributed by atoms with Gasteiger partial charge in [-0.25, -0.2) is 19.7 Å². The van der Waals surface area contributed by atoms with Crippen molar-refractivity contribution >= 4 is 40.4 Å². The second-order valence-electron chi connectivity index (χ2n) is 7.41. The maximum absolute atomic E-state index is 10.6. The summed E-state index contributed by atoms with van der Waals surface area (Å²) in [6, 6.07) is 3.40. The molecule has 3 aromatic heterocycles. The molecule has 0 atom stereocenters. The molecule has 4 rings (SSSR count). The minimum absolute atomic E-state index is 0.00803. The highest BCUT2D eigenvalue weighted by atomic mass is 35.5. The molecule has 178 valence electrons. The van der Waals surface area contributed by atoms with Crippen molar-refractivity contribution in [3.8, 4) is 11.3 Å². The summed E-state index contributed by atoms with van der Waals surface area (Å²) >= 11 is 5.98. The van der Waals surface area contributed by atoms with E-state index in [1.807, 2.05) is 0 Å². The van der Waals surface area contributed by atoms with Crippen LogP contribution < -0.4 is 16.4 Å². The summed E-state index contributed by atoms with van der Waals surface area (Å²) in [5, 5.41) is 24.0. The number of pyridine rings is 1. The maximum atomic E-state index is 10.6. The molecule has 0 spiro atoms. The number of nitrogen functional groups attached to an aromatic ring is 1. The molecule has 1 aliphatic heterocycles. The van der Waals surface area contributed by atoms with Crippen LogP contribution in [-0.4, -0.2) is 72.7 Å². The molecule has 0 aliphatic carbocycles. The number of aliphatic carboxylic acids is 1. The second kappa shape index (κ2) is 9.33. The molecule has 1 fully saturated rings. The Morgan fingerprint density at radius 2 is 1.91 bits per heavy atom. The van der Waals surface area contributed by atoms with Crippen LogP contribution in [0.3, 0.4) is 0 Å². The lowest BCUT2D eigenvalue weighted by atomic mass is 9.90. The smallest absolute Gasteiger partial charge is 0.475 e. The van der Waals surface area contributed by atoms with Gasteiger partial charge in [-0.1, -0.05) is 11.6 Å². The third-order valence-electron chi connectivity index (χ3n) is 4.99. The highest BCUT2D eigenvalue weighted by Crippen LogP contribution is 2.29. The van der Waals surface area contributed by atoms with Crippen molar-refractivity contribution in [3.05, 3.63) is 23.5 Å². The van der Waals surface area contributed by atoms with E-state index < -0.39 is 17.7 Å². The van der Waals surface area contributed by atoms with Crippen LogP contribution in [0.15, 0.2) is 18.3 Å². The number of nitrogens with two attached hydrogens (primary N) is 2. The third-order valence-corrected chi connectivity index (χ3v) is 5.19. The Labute approximate surface area is 189 Å². The first-order valence-corrected chi connectivity index (χ1v) is 9.89. The molecule has 0 unspecified atom stereocenters. The molecule has 1 aliphatic rings. The van der Waals surface area contributed by atoms with Gasteiger partial charge in [0.25, 0.3) is 0 Å². The standard InChI is InChI=1S/C16H19ClN8O.C2HF3O2/c17-10-5-9(6-11(18)21-10)13-14-15(24-23-13)22-12(7-20-14)25-3-1-16(19,8-26)2-4-25;3-2(4,5)1(6)7/h5-7,26H,1-4,8,19H2,(H2,18,21)(H,22,23,24);(H,6,7). The highest BCUT2D eigenvalue weighted by molar-refractivity contribution is 6.29. The van der Waals surface area contributed by atoms with E-state index >= 15 is 0 Å².